The Morgan fingerprint density at radius 2 is 0.380 bits per heavy atom. The quantitative estimate of drug-likeness (QED) is 0.165. The third-order valence-corrected chi connectivity index (χ3v) is 11.7. The predicted octanol–water partition coefficient (Wildman–Crippen LogP) is 37.1. The minimum Gasteiger partial charge on any atom is -0.0795 e. The fraction of sp³-hybridized carbons (Fsp3) is 0.580. The summed E-state index contributed by atoms with van der Waals surface area (Å²) >= 11 is 0. The van der Waals surface area contributed by atoms with Crippen molar-refractivity contribution < 1.29 is 0 Å². The molecule has 4 aliphatic rings. The summed E-state index contributed by atoms with van der Waals surface area (Å²) in [5.41, 5.74) is 8.40. The first kappa shape index (κ1) is 124. The van der Waals surface area contributed by atoms with E-state index < -0.39 is 0 Å². The second-order valence-electron chi connectivity index (χ2n) is 21.0. The normalized spacial score (nSPS) is 10.2. The van der Waals surface area contributed by atoms with Gasteiger partial charge < -0.3 is 0 Å². The van der Waals surface area contributed by atoms with Gasteiger partial charge in [-0.3, -0.25) is 0 Å². The average Bonchev–Trinajstić information content (AvgIpc) is 1.26. The van der Waals surface area contributed by atoms with Crippen LogP contribution in [0.5, 0.6) is 0 Å². The van der Waals surface area contributed by atoms with Crippen molar-refractivity contribution in [2.45, 2.75) is 390 Å². The Morgan fingerprint density at radius 1 is 0.210 bits per heavy atom. The average molecular weight is 1390 g/mol. The van der Waals surface area contributed by atoms with Crippen LogP contribution in [0.3, 0.4) is 0 Å². The van der Waals surface area contributed by atoms with Crippen LogP contribution in [0.2, 0.25) is 0 Å². The second kappa shape index (κ2) is 133. The Hall–Kier alpha value is -5.46. The first-order valence-electron chi connectivity index (χ1n) is 42.1. The molecule has 100 heavy (non-hydrogen) atoms. The maximum atomic E-state index is 2.20. The molecule has 0 heteroatoms. The third-order valence-electron chi connectivity index (χ3n) is 11.7. The molecular weight excluding hydrogens is 1200 g/mol. The minimum atomic E-state index is 0. The van der Waals surface area contributed by atoms with Crippen LogP contribution in [-0.4, -0.2) is 0 Å². The first-order chi connectivity index (χ1) is 48.7. The van der Waals surface area contributed by atoms with E-state index in [0.29, 0.717) is 0 Å². The number of allylic oxidation sites excluding steroid dienone is 1. The SMILES string of the molecule is C.C1=Cc2ccccc2C1.C1CCCC1.C1CCCC1.C1CCCC1.CC.CC.CC.CC.CC.CC.CC.CC.CC.CCC.CCC.CCC.CCC.CCC.CCC.CCc1ccccc1.CCc1ccccc1.c1ccc(Cc2ccccc2)cc1.c1ccc2ccccc2c1. The summed E-state index contributed by atoms with van der Waals surface area (Å²) in [6.45, 7) is 65.8. The molecule has 0 nitrogen and oxygen atoms in total. The first-order valence-corrected chi connectivity index (χ1v) is 42.1. The van der Waals surface area contributed by atoms with Gasteiger partial charge in [-0.05, 0) is 69.8 Å². The summed E-state index contributed by atoms with van der Waals surface area (Å²) in [5.74, 6) is 0. The fourth-order valence-corrected chi connectivity index (χ4v) is 7.83. The van der Waals surface area contributed by atoms with E-state index in [1.165, 1.54) is 179 Å². The molecule has 584 valence electrons. The van der Waals surface area contributed by atoms with E-state index in [9.17, 15) is 0 Å². The van der Waals surface area contributed by atoms with Crippen molar-refractivity contribution in [2.24, 2.45) is 0 Å². The zero-order valence-electron chi connectivity index (χ0n) is 73.3. The van der Waals surface area contributed by atoms with Crippen molar-refractivity contribution in [3.05, 3.63) is 234 Å². The molecule has 0 amide bonds. The van der Waals surface area contributed by atoms with Crippen LogP contribution in [-0.2, 0) is 25.7 Å². The van der Waals surface area contributed by atoms with Gasteiger partial charge in [0.05, 0.1) is 0 Å². The summed E-state index contributed by atoms with van der Waals surface area (Å²) < 4.78 is 0. The van der Waals surface area contributed by atoms with Crippen molar-refractivity contribution >= 4 is 16.8 Å². The molecule has 0 saturated heterocycles. The molecular formula is C100H184. The van der Waals surface area contributed by atoms with Crippen LogP contribution in [0.15, 0.2) is 200 Å². The molecule has 3 saturated carbocycles. The van der Waals surface area contributed by atoms with E-state index in [-0.39, 0.29) is 7.43 Å². The molecule has 0 aliphatic heterocycles. The van der Waals surface area contributed by atoms with Crippen molar-refractivity contribution in [1.82, 2.24) is 0 Å². The van der Waals surface area contributed by atoms with Gasteiger partial charge in [0.1, 0.15) is 0 Å². The van der Waals surface area contributed by atoms with Crippen molar-refractivity contribution in [3.8, 4) is 0 Å². The molecule has 7 aromatic carbocycles. The lowest BCUT2D eigenvalue weighted by Crippen LogP contribution is -1.85. The van der Waals surface area contributed by atoms with Crippen LogP contribution in [0, 0.1) is 0 Å². The lowest BCUT2D eigenvalue weighted by molar-refractivity contribution is 0.886. The minimum absolute atomic E-state index is 0. The van der Waals surface area contributed by atoms with Gasteiger partial charge in [-0.15, -0.1) is 0 Å². The highest BCUT2D eigenvalue weighted by molar-refractivity contribution is 5.82. The van der Waals surface area contributed by atoms with Gasteiger partial charge in [-0.1, -0.05) is 570 Å². The Labute approximate surface area is 636 Å². The number of aryl methyl sites for hydroxylation is 2. The van der Waals surface area contributed by atoms with Crippen LogP contribution in [0.1, 0.15) is 397 Å². The van der Waals surface area contributed by atoms with E-state index >= 15 is 0 Å². The van der Waals surface area contributed by atoms with E-state index in [4.69, 9.17) is 0 Å². The standard InChI is InChI=1S/C13H12.C10H8.C9H8.2C8H10.3C5H10.6C3H8.9C2H6.CH4/c1-3-7-12(8-4-1)11-13-9-5-2-6-10-13;1-2-6-10-8-4-3-7-9(10)5-1;1-2-5-9-7-3-6-8(9)4-1;2*1-2-8-6-4-3-5-7-8;3*1-2-4-5-3-1;6*1-3-2;9*1-2;/h1-10H,11H2;1-8H;1-6H,7H2;2*3-7H,2H2,1H3;3*1-5H2;6*3H2,1-2H3;9*1-2H3;1H4. The van der Waals surface area contributed by atoms with E-state index in [1.54, 1.807) is 0 Å². The third kappa shape index (κ3) is 108. The van der Waals surface area contributed by atoms with E-state index in [1.807, 2.05) is 137 Å². The number of benzene rings is 7. The molecule has 11 rings (SSSR count). The summed E-state index contributed by atoms with van der Waals surface area (Å²) in [5, 5.41) is 2.62. The zero-order valence-corrected chi connectivity index (χ0v) is 73.3. The fourth-order valence-electron chi connectivity index (χ4n) is 7.83. The van der Waals surface area contributed by atoms with Crippen molar-refractivity contribution in [1.29, 1.82) is 0 Å². The molecule has 0 bridgehead atoms. The zero-order chi connectivity index (χ0) is 78.3. The van der Waals surface area contributed by atoms with Gasteiger partial charge >= 0.3 is 0 Å². The maximum absolute atomic E-state index is 2.20. The molecule has 0 radical (unpaired) electrons. The molecule has 3 fully saturated rings. The van der Waals surface area contributed by atoms with Gasteiger partial charge in [0.25, 0.3) is 0 Å². The molecule has 0 spiro atoms. The van der Waals surface area contributed by atoms with Crippen LogP contribution in [0.25, 0.3) is 16.8 Å². The van der Waals surface area contributed by atoms with Crippen LogP contribution >= 0.6 is 0 Å². The Kier molecular flexibility index (Phi) is 166. The van der Waals surface area contributed by atoms with E-state index in [0.717, 1.165) is 25.7 Å². The summed E-state index contributed by atoms with van der Waals surface area (Å²) in [7, 11) is 0. The molecule has 0 heterocycles. The lowest BCUT2D eigenvalue weighted by Gasteiger charge is -2.00. The van der Waals surface area contributed by atoms with Gasteiger partial charge in [0.2, 0.25) is 0 Å². The van der Waals surface area contributed by atoms with Gasteiger partial charge in [-0.2, -0.15) is 0 Å². The monoisotopic (exact) mass is 1390 g/mol. The van der Waals surface area contributed by atoms with Gasteiger partial charge in [0, 0.05) is 0 Å². The summed E-state index contributed by atoms with van der Waals surface area (Å²) in [4.78, 5) is 0. The Morgan fingerprint density at radius 3 is 0.560 bits per heavy atom. The highest BCUT2D eigenvalue weighted by Gasteiger charge is 2.01. The summed E-state index contributed by atoms with van der Waals surface area (Å²) in [6.07, 6.45) is 38.8. The molecule has 0 atom stereocenters. The van der Waals surface area contributed by atoms with Crippen molar-refractivity contribution in [3.63, 3.8) is 0 Å². The number of fused-ring (bicyclic) bond motifs is 2. The van der Waals surface area contributed by atoms with Gasteiger partial charge in [0.15, 0.2) is 0 Å². The van der Waals surface area contributed by atoms with Gasteiger partial charge in [-0.25, -0.2) is 0 Å². The number of hydrogen-bond acceptors (Lipinski definition) is 0. The lowest BCUT2D eigenvalue weighted by atomic mass is 10.1. The molecule has 7 aromatic rings. The molecule has 0 unspecified atom stereocenters. The second-order valence-corrected chi connectivity index (χ2v) is 21.0. The summed E-state index contributed by atoms with van der Waals surface area (Å²) in [6, 6.07) is 67.2. The smallest absolute Gasteiger partial charge is 0.00258 e. The van der Waals surface area contributed by atoms with Crippen LogP contribution in [0.4, 0.5) is 0 Å². The largest absolute Gasteiger partial charge is 0.0795 e. The van der Waals surface area contributed by atoms with Crippen molar-refractivity contribution in [2.75, 3.05) is 0 Å². The van der Waals surface area contributed by atoms with Crippen LogP contribution < -0.4 is 0 Å². The topological polar surface area (TPSA) is 0 Å². The molecule has 0 N–H and O–H groups in total. The molecule has 4 aliphatic carbocycles. The Bertz CT molecular complexity index is 2000. The highest BCUT2D eigenvalue weighted by atomic mass is 14.1. The highest BCUT2D eigenvalue weighted by Crippen LogP contribution is 2.18. The predicted molar refractivity (Wildman–Crippen MR) is 484 cm³/mol. The number of hydrogen-bond donors (Lipinski definition) is 0. The molecule has 0 aromatic heterocycles. The van der Waals surface area contributed by atoms with E-state index in [2.05, 4.69) is 291 Å². The Balaban J connectivity index is -0.0000000744. The number of rotatable bonds is 4. The maximum Gasteiger partial charge on any atom is -0.00258 e.